The van der Waals surface area contributed by atoms with E-state index in [-0.39, 0.29) is 28.6 Å². The fraction of sp³-hybridized carbons (Fsp3) is 0.320. The van der Waals surface area contributed by atoms with Crippen LogP contribution >= 0.6 is 0 Å². The van der Waals surface area contributed by atoms with Crippen LogP contribution in [0.3, 0.4) is 0 Å². The summed E-state index contributed by atoms with van der Waals surface area (Å²) in [5, 5.41) is 20.8. The van der Waals surface area contributed by atoms with Crippen LogP contribution in [0.25, 0.3) is 17.0 Å². The number of ether oxygens (including phenoxy) is 2. The fourth-order valence-electron chi connectivity index (χ4n) is 4.19. The number of unbranched alkanes of at least 4 members (excludes halogenated alkanes) is 1. The molecule has 4 rings (SSSR count). The first kappa shape index (κ1) is 21.8. The molecule has 0 atom stereocenters. The van der Waals surface area contributed by atoms with E-state index in [2.05, 4.69) is 23.6 Å². The van der Waals surface area contributed by atoms with E-state index in [1.165, 1.54) is 6.07 Å². The number of allylic oxidation sites excluding steroid dienone is 1. The van der Waals surface area contributed by atoms with Crippen LogP contribution in [-0.4, -0.2) is 53.2 Å². The lowest BCUT2D eigenvalue weighted by molar-refractivity contribution is 0.101. The van der Waals surface area contributed by atoms with Crippen molar-refractivity contribution < 1.29 is 24.5 Å². The van der Waals surface area contributed by atoms with Gasteiger partial charge in [0.2, 0.25) is 5.78 Å². The van der Waals surface area contributed by atoms with Crippen LogP contribution in [0.2, 0.25) is 0 Å². The molecular weight excluding hydrogens is 408 g/mol. The number of hydrogen-bond acceptors (Lipinski definition) is 6. The van der Waals surface area contributed by atoms with Crippen molar-refractivity contribution in [3.8, 4) is 23.0 Å². The Balaban J connectivity index is 1.76. The van der Waals surface area contributed by atoms with E-state index in [1.54, 1.807) is 13.2 Å². The zero-order valence-corrected chi connectivity index (χ0v) is 18.8. The van der Waals surface area contributed by atoms with Crippen LogP contribution in [0.15, 0.2) is 36.1 Å². The molecule has 2 heterocycles. The second-order valence-electron chi connectivity index (χ2n) is 8.32. The highest BCUT2D eigenvalue weighted by Crippen LogP contribution is 2.41. The van der Waals surface area contributed by atoms with Crippen LogP contribution in [0.1, 0.15) is 34.5 Å². The van der Waals surface area contributed by atoms with Crippen LogP contribution in [-0.2, 0) is 6.54 Å². The van der Waals surface area contributed by atoms with E-state index in [1.807, 2.05) is 25.1 Å². The predicted octanol–water partition coefficient (Wildman–Crippen LogP) is 4.33. The zero-order chi connectivity index (χ0) is 23.0. The molecule has 0 radical (unpaired) electrons. The van der Waals surface area contributed by atoms with Crippen molar-refractivity contribution >= 4 is 22.8 Å². The topological polar surface area (TPSA) is 84.2 Å². The van der Waals surface area contributed by atoms with Crippen LogP contribution in [0, 0.1) is 6.92 Å². The number of methoxy groups -OCH3 is 1. The first-order valence-corrected chi connectivity index (χ1v) is 10.6. The molecule has 0 bridgehead atoms. The van der Waals surface area contributed by atoms with Crippen LogP contribution < -0.4 is 9.47 Å². The summed E-state index contributed by atoms with van der Waals surface area (Å²) >= 11 is 0. The minimum atomic E-state index is -0.410. The molecule has 0 saturated heterocycles. The van der Waals surface area contributed by atoms with Crippen molar-refractivity contribution in [1.82, 2.24) is 9.47 Å². The number of aromatic hydroxyl groups is 2. The van der Waals surface area contributed by atoms with Gasteiger partial charge < -0.3 is 29.2 Å². The third kappa shape index (κ3) is 3.91. The van der Waals surface area contributed by atoms with E-state index >= 15 is 0 Å². The maximum atomic E-state index is 12.9. The predicted molar refractivity (Wildman–Crippen MR) is 124 cm³/mol. The number of ketones is 1. The van der Waals surface area contributed by atoms with Gasteiger partial charge in [0.05, 0.1) is 7.11 Å². The molecule has 1 aliphatic heterocycles. The first-order chi connectivity index (χ1) is 15.3. The Hall–Kier alpha value is -3.45. The van der Waals surface area contributed by atoms with Gasteiger partial charge in [-0.25, -0.2) is 0 Å². The average Bonchev–Trinajstić information content (AvgIpc) is 3.19. The molecule has 7 nitrogen and oxygen atoms in total. The Morgan fingerprint density at radius 1 is 1.16 bits per heavy atom. The number of nitrogens with zero attached hydrogens (tertiary/aromatic N) is 2. The summed E-state index contributed by atoms with van der Waals surface area (Å²) in [5.74, 6) is 0.124. The van der Waals surface area contributed by atoms with Crippen molar-refractivity contribution in [2.45, 2.75) is 26.3 Å². The molecule has 1 aliphatic rings. The van der Waals surface area contributed by atoms with Crippen molar-refractivity contribution in [1.29, 1.82) is 0 Å². The molecule has 7 heteroatoms. The third-order valence-corrected chi connectivity index (χ3v) is 5.83. The Bertz CT molecular complexity index is 1220. The lowest BCUT2D eigenvalue weighted by atomic mass is 10.1. The number of phenolic OH excluding ortho intramolecular Hbond substituents is 2. The van der Waals surface area contributed by atoms with Crippen LogP contribution in [0.4, 0.5) is 0 Å². The molecule has 0 fully saturated rings. The summed E-state index contributed by atoms with van der Waals surface area (Å²) in [7, 11) is 5.77. The van der Waals surface area contributed by atoms with Gasteiger partial charge in [-0.05, 0) is 64.7 Å². The monoisotopic (exact) mass is 436 g/mol. The Kier molecular flexibility index (Phi) is 5.84. The molecule has 168 valence electrons. The second-order valence-corrected chi connectivity index (χ2v) is 8.32. The number of hydrogen-bond donors (Lipinski definition) is 2. The number of carbonyl (C=O) groups is 1. The number of benzene rings is 2. The molecule has 0 amide bonds. The minimum Gasteiger partial charge on any atom is -0.508 e. The SMILES string of the molecule is COc1ccc2c(c1)c(/C=C1\Oc3cc(O)cc(O)c3C1=O)c(C)n2CCCCN(C)C. The summed E-state index contributed by atoms with van der Waals surface area (Å²) in [6, 6.07) is 8.39. The van der Waals surface area contributed by atoms with Gasteiger partial charge in [0, 0.05) is 40.8 Å². The standard InChI is InChI=1S/C25H28N2O5/c1-15-18(14-23-25(30)24-21(29)11-16(28)12-22(24)32-23)19-13-17(31-4)7-8-20(19)27(15)10-6-5-9-26(2)3/h7-8,11-14,28-29H,5-6,9-10H2,1-4H3/b23-14-. The first-order valence-electron chi connectivity index (χ1n) is 10.6. The summed E-state index contributed by atoms with van der Waals surface area (Å²) in [6.45, 7) is 3.91. The van der Waals surface area contributed by atoms with Crippen molar-refractivity contribution in [2.24, 2.45) is 0 Å². The molecule has 32 heavy (non-hydrogen) atoms. The number of phenols is 2. The number of aryl methyl sites for hydroxylation is 1. The Morgan fingerprint density at radius 3 is 2.66 bits per heavy atom. The molecule has 0 saturated carbocycles. The van der Waals surface area contributed by atoms with Gasteiger partial charge in [0.1, 0.15) is 28.6 Å². The van der Waals surface area contributed by atoms with Crippen LogP contribution in [0.5, 0.6) is 23.0 Å². The van der Waals surface area contributed by atoms with Gasteiger partial charge >= 0.3 is 0 Å². The highest BCUT2D eigenvalue weighted by molar-refractivity contribution is 6.17. The number of aromatic nitrogens is 1. The molecule has 0 aliphatic carbocycles. The lowest BCUT2D eigenvalue weighted by Crippen LogP contribution is -2.13. The number of Topliss-reactive ketones (excluding diaryl/α,β-unsaturated/α-hetero) is 1. The lowest BCUT2D eigenvalue weighted by Gasteiger charge is -2.11. The second kappa shape index (κ2) is 8.59. The molecule has 3 aromatic rings. The van der Waals surface area contributed by atoms with E-state index in [9.17, 15) is 15.0 Å². The Labute approximate surface area is 187 Å². The number of fused-ring (bicyclic) bond motifs is 2. The summed E-state index contributed by atoms with van der Waals surface area (Å²) < 4.78 is 13.4. The van der Waals surface area contributed by atoms with E-state index in [0.717, 1.165) is 59.9 Å². The van der Waals surface area contributed by atoms with Gasteiger partial charge in [-0.1, -0.05) is 0 Å². The Morgan fingerprint density at radius 2 is 1.94 bits per heavy atom. The van der Waals surface area contributed by atoms with Gasteiger partial charge in [-0.2, -0.15) is 0 Å². The normalized spacial score (nSPS) is 14.4. The van der Waals surface area contributed by atoms with E-state index in [0.29, 0.717) is 0 Å². The number of carbonyl (C=O) groups excluding carboxylic acids is 1. The van der Waals surface area contributed by atoms with Gasteiger partial charge in [0.25, 0.3) is 0 Å². The number of rotatable bonds is 7. The fourth-order valence-corrected chi connectivity index (χ4v) is 4.19. The van der Waals surface area contributed by atoms with Crippen molar-refractivity contribution in [2.75, 3.05) is 27.7 Å². The van der Waals surface area contributed by atoms with E-state index in [4.69, 9.17) is 9.47 Å². The summed E-state index contributed by atoms with van der Waals surface area (Å²) in [5.41, 5.74) is 3.01. The smallest absolute Gasteiger partial charge is 0.235 e. The zero-order valence-electron chi connectivity index (χ0n) is 18.8. The quantitative estimate of drug-likeness (QED) is 0.424. The summed E-state index contributed by atoms with van der Waals surface area (Å²) in [6.07, 6.45) is 3.82. The van der Waals surface area contributed by atoms with Crippen molar-refractivity contribution in [3.05, 3.63) is 52.9 Å². The van der Waals surface area contributed by atoms with Gasteiger partial charge in [-0.3, -0.25) is 4.79 Å². The molecular formula is C25H28N2O5. The van der Waals surface area contributed by atoms with Crippen molar-refractivity contribution in [3.63, 3.8) is 0 Å². The minimum absolute atomic E-state index is 0.0664. The maximum absolute atomic E-state index is 12.9. The average molecular weight is 437 g/mol. The van der Waals surface area contributed by atoms with Gasteiger partial charge in [0.15, 0.2) is 5.76 Å². The van der Waals surface area contributed by atoms with Gasteiger partial charge in [-0.15, -0.1) is 0 Å². The summed E-state index contributed by atoms with van der Waals surface area (Å²) in [4.78, 5) is 15.1. The largest absolute Gasteiger partial charge is 0.508 e. The molecule has 1 aromatic heterocycles. The molecule has 0 unspecified atom stereocenters. The highest BCUT2D eigenvalue weighted by atomic mass is 16.5. The maximum Gasteiger partial charge on any atom is 0.235 e. The molecule has 2 N–H and O–H groups in total. The molecule has 0 spiro atoms. The molecule has 2 aromatic carbocycles. The highest BCUT2D eigenvalue weighted by Gasteiger charge is 2.32. The van der Waals surface area contributed by atoms with E-state index < -0.39 is 5.78 Å². The third-order valence-electron chi connectivity index (χ3n) is 5.83.